The number of rotatable bonds is 2. The fourth-order valence-corrected chi connectivity index (χ4v) is 5.19. The monoisotopic (exact) mass is 490 g/mol. The quantitative estimate of drug-likeness (QED) is 0.286. The Balaban J connectivity index is 1.65. The van der Waals surface area contributed by atoms with Gasteiger partial charge in [0.1, 0.15) is 5.84 Å². The van der Waals surface area contributed by atoms with Crippen molar-refractivity contribution in [2.45, 2.75) is 13.0 Å². The van der Waals surface area contributed by atoms with E-state index in [1.165, 1.54) is 0 Å². The standard InChI is InChI=1S/C26H17Cl3N4/c1-15-24-25(20-12-9-18(28)14-21(20)29)32-22-5-3-2-4-16(22)6-13-23(32)30-26(24)33(31-15)19-10-7-17(27)8-11-19/h2-14,25H,1H3. The summed E-state index contributed by atoms with van der Waals surface area (Å²) >= 11 is 19.1. The molecule has 0 radical (unpaired) electrons. The Morgan fingerprint density at radius 2 is 1.61 bits per heavy atom. The van der Waals surface area contributed by atoms with E-state index in [1.807, 2.05) is 66.2 Å². The van der Waals surface area contributed by atoms with Crippen LogP contribution in [-0.4, -0.2) is 15.6 Å². The van der Waals surface area contributed by atoms with Crippen LogP contribution in [-0.2, 0) is 0 Å². The number of amidine groups is 1. The van der Waals surface area contributed by atoms with Crippen molar-refractivity contribution in [1.82, 2.24) is 9.78 Å². The van der Waals surface area contributed by atoms with Crippen LogP contribution in [0.25, 0.3) is 11.8 Å². The second kappa shape index (κ2) is 7.77. The molecule has 2 aliphatic heterocycles. The van der Waals surface area contributed by atoms with Gasteiger partial charge in [0.05, 0.1) is 23.1 Å². The number of hydrogen-bond donors (Lipinski definition) is 0. The number of aromatic nitrogens is 2. The van der Waals surface area contributed by atoms with Crippen molar-refractivity contribution in [2.75, 3.05) is 4.90 Å². The van der Waals surface area contributed by atoms with Gasteiger partial charge < -0.3 is 4.90 Å². The molecule has 2 aliphatic rings. The molecule has 162 valence electrons. The smallest absolute Gasteiger partial charge is 0.163 e. The third-order valence-electron chi connectivity index (χ3n) is 6.02. The summed E-state index contributed by atoms with van der Waals surface area (Å²) in [5.41, 5.74) is 5.91. The Bertz CT molecular complexity index is 1470. The molecule has 3 heterocycles. The third-order valence-corrected chi connectivity index (χ3v) is 6.83. The predicted molar refractivity (Wildman–Crippen MR) is 137 cm³/mol. The van der Waals surface area contributed by atoms with Crippen molar-refractivity contribution < 1.29 is 0 Å². The highest BCUT2D eigenvalue weighted by Gasteiger charge is 2.38. The van der Waals surface area contributed by atoms with Crippen LogP contribution in [0, 0.1) is 6.92 Å². The zero-order valence-electron chi connectivity index (χ0n) is 17.5. The number of aryl methyl sites for hydroxylation is 1. The predicted octanol–water partition coefficient (Wildman–Crippen LogP) is 7.81. The molecule has 4 aromatic rings. The molecule has 4 nitrogen and oxygen atoms in total. The van der Waals surface area contributed by atoms with Crippen molar-refractivity contribution in [3.8, 4) is 5.69 Å². The van der Waals surface area contributed by atoms with Crippen molar-refractivity contribution in [2.24, 2.45) is 4.99 Å². The largest absolute Gasteiger partial charge is 0.314 e. The maximum atomic E-state index is 6.77. The highest BCUT2D eigenvalue weighted by Crippen LogP contribution is 2.48. The molecule has 0 bridgehead atoms. The summed E-state index contributed by atoms with van der Waals surface area (Å²) in [6.45, 7) is 2.01. The lowest BCUT2D eigenvalue weighted by Crippen LogP contribution is -2.39. The first-order valence-electron chi connectivity index (χ1n) is 10.5. The van der Waals surface area contributed by atoms with E-state index in [1.54, 1.807) is 6.07 Å². The highest BCUT2D eigenvalue weighted by molar-refractivity contribution is 6.35. The zero-order valence-corrected chi connectivity index (χ0v) is 19.8. The molecule has 1 aromatic heterocycles. The van der Waals surface area contributed by atoms with Gasteiger partial charge in [-0.1, -0.05) is 59.1 Å². The zero-order chi connectivity index (χ0) is 22.7. The summed E-state index contributed by atoms with van der Waals surface area (Å²) in [6.07, 6.45) is 4.13. The van der Waals surface area contributed by atoms with Crippen LogP contribution < -0.4 is 4.90 Å². The fraction of sp³-hybridized carbons (Fsp3) is 0.0769. The van der Waals surface area contributed by atoms with Gasteiger partial charge in [-0.05, 0) is 72.7 Å². The van der Waals surface area contributed by atoms with E-state index in [2.05, 4.69) is 23.1 Å². The minimum atomic E-state index is -0.218. The molecule has 1 atom stereocenters. The van der Waals surface area contributed by atoms with Crippen molar-refractivity contribution >= 4 is 58.2 Å². The normalized spacial score (nSPS) is 16.2. The van der Waals surface area contributed by atoms with Crippen molar-refractivity contribution in [3.05, 3.63) is 110 Å². The molecule has 7 heteroatoms. The number of aliphatic imine (C=N–C) groups is 1. The van der Waals surface area contributed by atoms with E-state index in [0.29, 0.717) is 15.1 Å². The Labute approximate surface area is 206 Å². The Morgan fingerprint density at radius 3 is 2.39 bits per heavy atom. The first-order chi connectivity index (χ1) is 16.0. The Morgan fingerprint density at radius 1 is 0.848 bits per heavy atom. The van der Waals surface area contributed by atoms with E-state index in [4.69, 9.17) is 44.9 Å². The summed E-state index contributed by atoms with van der Waals surface area (Å²) in [5.74, 6) is 1.61. The fourth-order valence-electron chi connectivity index (χ4n) is 4.55. The minimum Gasteiger partial charge on any atom is -0.314 e. The molecule has 0 aliphatic carbocycles. The first-order valence-corrected chi connectivity index (χ1v) is 11.6. The number of fused-ring (bicyclic) bond motifs is 4. The number of hydrogen-bond acceptors (Lipinski definition) is 3. The molecule has 0 spiro atoms. The number of benzene rings is 3. The highest BCUT2D eigenvalue weighted by atomic mass is 35.5. The van der Waals surface area contributed by atoms with Crippen molar-refractivity contribution in [3.63, 3.8) is 0 Å². The minimum absolute atomic E-state index is 0.218. The number of nitrogens with zero attached hydrogens (tertiary/aromatic N) is 4. The van der Waals surface area contributed by atoms with E-state index in [9.17, 15) is 0 Å². The average molecular weight is 492 g/mol. The van der Waals surface area contributed by atoms with Crippen LogP contribution in [0.1, 0.15) is 28.4 Å². The molecule has 0 saturated heterocycles. The average Bonchev–Trinajstić information content (AvgIpc) is 3.14. The van der Waals surface area contributed by atoms with Gasteiger partial charge >= 0.3 is 0 Å². The third kappa shape index (κ3) is 3.29. The first kappa shape index (κ1) is 20.5. The topological polar surface area (TPSA) is 33.4 Å². The van der Waals surface area contributed by atoms with E-state index in [-0.39, 0.29) is 6.04 Å². The van der Waals surface area contributed by atoms with Crippen molar-refractivity contribution in [1.29, 1.82) is 0 Å². The van der Waals surface area contributed by atoms with Gasteiger partial charge in [0, 0.05) is 20.6 Å². The maximum Gasteiger partial charge on any atom is 0.163 e. The summed E-state index contributed by atoms with van der Waals surface area (Å²) in [6, 6.07) is 21.3. The van der Waals surface area contributed by atoms with E-state index in [0.717, 1.165) is 45.4 Å². The molecule has 0 N–H and O–H groups in total. The number of anilines is 1. The molecule has 0 saturated carbocycles. The van der Waals surface area contributed by atoms with Crippen LogP contribution in [0.5, 0.6) is 0 Å². The summed E-state index contributed by atoms with van der Waals surface area (Å²) in [7, 11) is 0. The second-order valence-electron chi connectivity index (χ2n) is 8.01. The van der Waals surface area contributed by atoms with Gasteiger partial charge in [-0.3, -0.25) is 0 Å². The summed E-state index contributed by atoms with van der Waals surface area (Å²) in [5, 5.41) is 6.75. The van der Waals surface area contributed by atoms with E-state index >= 15 is 0 Å². The lowest BCUT2D eigenvalue weighted by molar-refractivity contribution is 0.814. The number of halogens is 3. The van der Waals surface area contributed by atoms with Gasteiger partial charge in [0.25, 0.3) is 0 Å². The molecule has 33 heavy (non-hydrogen) atoms. The van der Waals surface area contributed by atoms with Crippen LogP contribution in [0.15, 0.2) is 77.8 Å². The lowest BCUT2D eigenvalue weighted by atomic mass is 9.92. The van der Waals surface area contributed by atoms with Gasteiger partial charge in [-0.15, -0.1) is 0 Å². The molecule has 6 rings (SSSR count). The molecule has 1 unspecified atom stereocenters. The van der Waals surface area contributed by atoms with Crippen LogP contribution in [0.4, 0.5) is 11.5 Å². The summed E-state index contributed by atoms with van der Waals surface area (Å²) in [4.78, 5) is 7.29. The van der Waals surface area contributed by atoms with E-state index < -0.39 is 0 Å². The maximum absolute atomic E-state index is 6.77. The molecular formula is C26H17Cl3N4. The van der Waals surface area contributed by atoms with Gasteiger partial charge in [0.15, 0.2) is 5.82 Å². The SMILES string of the molecule is Cc1nn(-c2ccc(Cl)cc2)c2c1C(c1ccc(Cl)cc1Cl)N1C(=N2)C=Cc2ccccc21. The molecule has 0 amide bonds. The second-order valence-corrected chi connectivity index (χ2v) is 9.29. The number of para-hydroxylation sites is 1. The molecular weight excluding hydrogens is 475 g/mol. The Hall–Kier alpha value is -3.05. The van der Waals surface area contributed by atoms with Gasteiger partial charge in [-0.2, -0.15) is 5.10 Å². The van der Waals surface area contributed by atoms with Gasteiger partial charge in [-0.25, -0.2) is 9.67 Å². The molecule has 3 aromatic carbocycles. The van der Waals surface area contributed by atoms with Crippen LogP contribution in [0.3, 0.4) is 0 Å². The van der Waals surface area contributed by atoms with Crippen LogP contribution in [0.2, 0.25) is 15.1 Å². The van der Waals surface area contributed by atoms with Gasteiger partial charge in [0.2, 0.25) is 0 Å². The molecule has 0 fully saturated rings. The van der Waals surface area contributed by atoms with Crippen LogP contribution >= 0.6 is 34.8 Å². The Kier molecular flexibility index (Phi) is 4.84. The summed E-state index contributed by atoms with van der Waals surface area (Å²) < 4.78 is 1.87. The lowest BCUT2D eigenvalue weighted by Gasteiger charge is -2.39.